The summed E-state index contributed by atoms with van der Waals surface area (Å²) >= 11 is 11.3. The first-order valence-electron chi connectivity index (χ1n) is 4.51. The van der Waals surface area contributed by atoms with E-state index in [-0.39, 0.29) is 18.2 Å². The molecule has 0 bridgehead atoms. The van der Waals surface area contributed by atoms with E-state index in [1.165, 1.54) is 0 Å². The maximum atomic E-state index is 9.67. The largest absolute Gasteiger partial charge is 0.506 e. The number of phenolic OH excluding ortho intramolecular Hbond substituents is 1. The summed E-state index contributed by atoms with van der Waals surface area (Å²) in [5, 5.41) is 22.3. The lowest BCUT2D eigenvalue weighted by Gasteiger charge is -2.13. The van der Waals surface area contributed by atoms with Crippen LogP contribution in [0.3, 0.4) is 0 Å². The summed E-state index contributed by atoms with van der Waals surface area (Å²) in [6.45, 7) is 2.03. The minimum atomic E-state index is -0.648. The number of hydrogen-bond donors (Lipinski definition) is 3. The molecule has 0 aliphatic rings. The van der Waals surface area contributed by atoms with Crippen LogP contribution in [0.15, 0.2) is 12.1 Å². The molecular formula is C10H13Cl2NO2. The van der Waals surface area contributed by atoms with Crippen LogP contribution in [0.25, 0.3) is 0 Å². The van der Waals surface area contributed by atoms with Gasteiger partial charge in [-0.1, -0.05) is 11.6 Å². The van der Waals surface area contributed by atoms with Crippen LogP contribution in [0.2, 0.25) is 5.02 Å². The van der Waals surface area contributed by atoms with Crippen molar-refractivity contribution in [2.24, 2.45) is 0 Å². The van der Waals surface area contributed by atoms with E-state index in [1.54, 1.807) is 19.1 Å². The van der Waals surface area contributed by atoms with E-state index in [0.29, 0.717) is 16.3 Å². The number of alkyl halides is 1. The number of hydrogen-bond acceptors (Lipinski definition) is 3. The van der Waals surface area contributed by atoms with E-state index in [2.05, 4.69) is 5.32 Å². The van der Waals surface area contributed by atoms with Crippen LogP contribution in [0.4, 0.5) is 5.69 Å². The summed E-state index contributed by atoms with van der Waals surface area (Å²) in [5.41, 5.74) is 1.19. The summed E-state index contributed by atoms with van der Waals surface area (Å²) in [7, 11) is 0. The van der Waals surface area contributed by atoms with Crippen molar-refractivity contribution in [2.45, 2.75) is 13.0 Å². The van der Waals surface area contributed by atoms with Gasteiger partial charge >= 0.3 is 0 Å². The van der Waals surface area contributed by atoms with Crippen molar-refractivity contribution in [3.63, 3.8) is 0 Å². The monoisotopic (exact) mass is 249 g/mol. The van der Waals surface area contributed by atoms with Crippen molar-refractivity contribution in [1.29, 1.82) is 0 Å². The predicted molar refractivity (Wildman–Crippen MR) is 63.1 cm³/mol. The molecule has 0 amide bonds. The molecule has 0 aliphatic heterocycles. The Labute approximate surface area is 98.6 Å². The number of phenols is 1. The summed E-state index contributed by atoms with van der Waals surface area (Å²) < 4.78 is 0. The van der Waals surface area contributed by atoms with Gasteiger partial charge in [0.05, 0.1) is 17.7 Å². The summed E-state index contributed by atoms with van der Waals surface area (Å²) in [5.74, 6) is 0.286. The number of aliphatic hydroxyl groups excluding tert-OH is 1. The zero-order valence-corrected chi connectivity index (χ0v) is 9.81. The van der Waals surface area contributed by atoms with E-state index in [4.69, 9.17) is 23.2 Å². The number of nitrogens with one attached hydrogen (secondary N) is 1. The van der Waals surface area contributed by atoms with E-state index in [1.807, 2.05) is 0 Å². The van der Waals surface area contributed by atoms with Crippen molar-refractivity contribution in [3.8, 4) is 5.75 Å². The van der Waals surface area contributed by atoms with Crippen molar-refractivity contribution in [3.05, 3.63) is 22.7 Å². The molecule has 1 atom stereocenters. The molecule has 1 rings (SSSR count). The van der Waals surface area contributed by atoms with Crippen molar-refractivity contribution in [1.82, 2.24) is 0 Å². The van der Waals surface area contributed by atoms with Crippen LogP contribution in [-0.4, -0.2) is 28.7 Å². The smallest absolute Gasteiger partial charge is 0.141 e. The van der Waals surface area contributed by atoms with Crippen LogP contribution in [0.5, 0.6) is 5.75 Å². The summed E-state index contributed by atoms with van der Waals surface area (Å²) in [6.07, 6.45) is -0.648. The molecule has 0 radical (unpaired) electrons. The topological polar surface area (TPSA) is 52.5 Å². The Kier molecular flexibility index (Phi) is 4.51. The number of benzene rings is 1. The Hall–Kier alpha value is -0.640. The molecule has 3 N–H and O–H groups in total. The summed E-state index contributed by atoms with van der Waals surface area (Å²) in [6, 6.07) is 3.27. The Balaban J connectivity index is 2.76. The molecule has 1 aromatic rings. The van der Waals surface area contributed by atoms with E-state index < -0.39 is 6.10 Å². The molecule has 0 heterocycles. The van der Waals surface area contributed by atoms with Crippen LogP contribution < -0.4 is 5.32 Å². The number of halogens is 2. The van der Waals surface area contributed by atoms with E-state index in [9.17, 15) is 10.2 Å². The molecule has 3 nitrogen and oxygen atoms in total. The SMILES string of the molecule is Cc1cc(Cl)cc(NCC(O)CCl)c1O. The summed E-state index contributed by atoms with van der Waals surface area (Å²) in [4.78, 5) is 0. The predicted octanol–water partition coefficient (Wildman–Crippen LogP) is 2.37. The van der Waals surface area contributed by atoms with Gasteiger partial charge in [-0.05, 0) is 24.6 Å². The Morgan fingerprint density at radius 1 is 1.47 bits per heavy atom. The Morgan fingerprint density at radius 2 is 2.13 bits per heavy atom. The molecule has 15 heavy (non-hydrogen) atoms. The zero-order chi connectivity index (χ0) is 11.4. The minimum absolute atomic E-state index is 0.140. The first kappa shape index (κ1) is 12.4. The lowest BCUT2D eigenvalue weighted by atomic mass is 10.2. The third kappa shape index (κ3) is 3.45. The fraction of sp³-hybridized carbons (Fsp3) is 0.400. The second kappa shape index (κ2) is 5.45. The minimum Gasteiger partial charge on any atom is -0.506 e. The van der Waals surface area contributed by atoms with E-state index in [0.717, 1.165) is 0 Å². The number of aryl methyl sites for hydroxylation is 1. The highest BCUT2D eigenvalue weighted by atomic mass is 35.5. The maximum absolute atomic E-state index is 9.67. The molecule has 0 aromatic heterocycles. The van der Waals surface area contributed by atoms with Gasteiger partial charge in [0.2, 0.25) is 0 Å². The molecule has 1 unspecified atom stereocenters. The molecule has 5 heteroatoms. The third-order valence-corrected chi connectivity index (χ3v) is 2.55. The second-order valence-corrected chi connectivity index (χ2v) is 4.05. The average Bonchev–Trinajstić information content (AvgIpc) is 2.20. The van der Waals surface area contributed by atoms with Crippen LogP contribution >= 0.6 is 23.2 Å². The van der Waals surface area contributed by atoms with Gasteiger partial charge in [0.15, 0.2) is 0 Å². The maximum Gasteiger partial charge on any atom is 0.141 e. The fourth-order valence-corrected chi connectivity index (χ4v) is 1.53. The Morgan fingerprint density at radius 3 is 2.73 bits per heavy atom. The normalized spacial score (nSPS) is 12.5. The zero-order valence-electron chi connectivity index (χ0n) is 8.30. The molecule has 0 fully saturated rings. The Bertz CT molecular complexity index is 344. The fourth-order valence-electron chi connectivity index (χ4n) is 1.15. The van der Waals surface area contributed by atoms with Crippen molar-refractivity contribution < 1.29 is 10.2 Å². The lowest BCUT2D eigenvalue weighted by Crippen LogP contribution is -2.20. The van der Waals surface area contributed by atoms with E-state index >= 15 is 0 Å². The number of anilines is 1. The second-order valence-electron chi connectivity index (χ2n) is 3.31. The quantitative estimate of drug-likeness (QED) is 0.568. The van der Waals surface area contributed by atoms with Crippen LogP contribution in [0.1, 0.15) is 5.56 Å². The van der Waals surface area contributed by atoms with Crippen molar-refractivity contribution >= 4 is 28.9 Å². The van der Waals surface area contributed by atoms with Gasteiger partial charge < -0.3 is 15.5 Å². The molecule has 0 saturated carbocycles. The van der Waals surface area contributed by atoms with Gasteiger partial charge in [0, 0.05) is 11.6 Å². The number of rotatable bonds is 4. The third-order valence-electron chi connectivity index (χ3n) is 1.97. The average molecular weight is 250 g/mol. The molecule has 1 aromatic carbocycles. The van der Waals surface area contributed by atoms with Gasteiger partial charge in [-0.15, -0.1) is 11.6 Å². The molecule has 0 saturated heterocycles. The number of aromatic hydroxyl groups is 1. The van der Waals surface area contributed by atoms with Gasteiger partial charge in [-0.2, -0.15) is 0 Å². The van der Waals surface area contributed by atoms with Gasteiger partial charge in [-0.25, -0.2) is 0 Å². The van der Waals surface area contributed by atoms with Gasteiger partial charge in [-0.3, -0.25) is 0 Å². The highest BCUT2D eigenvalue weighted by molar-refractivity contribution is 6.31. The molecule has 84 valence electrons. The van der Waals surface area contributed by atoms with Crippen LogP contribution in [-0.2, 0) is 0 Å². The standard InChI is InChI=1S/C10H13Cl2NO2/c1-6-2-7(12)3-9(10(6)15)13-5-8(14)4-11/h2-3,8,13-15H,4-5H2,1H3. The first-order valence-corrected chi connectivity index (χ1v) is 5.43. The highest BCUT2D eigenvalue weighted by Crippen LogP contribution is 2.30. The van der Waals surface area contributed by atoms with Gasteiger partial charge in [0.1, 0.15) is 5.75 Å². The molecule has 0 aliphatic carbocycles. The lowest BCUT2D eigenvalue weighted by molar-refractivity contribution is 0.211. The first-order chi connectivity index (χ1) is 7.04. The van der Waals surface area contributed by atoms with Crippen LogP contribution in [0, 0.1) is 6.92 Å². The highest BCUT2D eigenvalue weighted by Gasteiger charge is 2.08. The van der Waals surface area contributed by atoms with Gasteiger partial charge in [0.25, 0.3) is 0 Å². The van der Waals surface area contributed by atoms with Crippen molar-refractivity contribution in [2.75, 3.05) is 17.7 Å². The molecule has 0 spiro atoms. The number of aliphatic hydroxyl groups is 1. The molecular weight excluding hydrogens is 237 g/mol.